The van der Waals surface area contributed by atoms with Crippen molar-refractivity contribution in [1.29, 1.82) is 0 Å². The highest BCUT2D eigenvalue weighted by Crippen LogP contribution is 2.34. The maximum absolute atomic E-state index is 12.0. The van der Waals surface area contributed by atoms with Gasteiger partial charge in [0.25, 0.3) is 6.43 Å². The van der Waals surface area contributed by atoms with Crippen LogP contribution in [0.4, 0.5) is 14.5 Å². The summed E-state index contributed by atoms with van der Waals surface area (Å²) in [6, 6.07) is 3.39. The molecule has 0 radical (unpaired) electrons. The number of rotatable bonds is 4. The van der Waals surface area contributed by atoms with Crippen molar-refractivity contribution in [2.45, 2.75) is 6.43 Å². The number of alkyl halides is 2. The molecule has 0 fully saturated rings. The Morgan fingerprint density at radius 1 is 1.33 bits per heavy atom. The SMILES string of the molecule is COc1cc(NCC(F)F)c(Br)cc1Br. The Hall–Kier alpha value is -0.360. The van der Waals surface area contributed by atoms with Crippen LogP contribution in [0.2, 0.25) is 0 Å². The third kappa shape index (κ3) is 3.61. The van der Waals surface area contributed by atoms with Crippen LogP contribution in [0.3, 0.4) is 0 Å². The lowest BCUT2D eigenvalue weighted by molar-refractivity contribution is 0.163. The van der Waals surface area contributed by atoms with Crippen LogP contribution in [-0.2, 0) is 0 Å². The Morgan fingerprint density at radius 2 is 2.00 bits per heavy atom. The molecule has 0 aromatic heterocycles. The van der Waals surface area contributed by atoms with Gasteiger partial charge in [-0.1, -0.05) is 0 Å². The summed E-state index contributed by atoms with van der Waals surface area (Å²) in [5.74, 6) is 0.593. The van der Waals surface area contributed by atoms with Gasteiger partial charge in [0.1, 0.15) is 5.75 Å². The molecule has 0 aliphatic rings. The van der Waals surface area contributed by atoms with E-state index in [0.717, 1.165) is 4.47 Å². The molecule has 6 heteroatoms. The molecule has 15 heavy (non-hydrogen) atoms. The summed E-state index contributed by atoms with van der Waals surface area (Å²) in [7, 11) is 1.52. The number of nitrogens with one attached hydrogen (secondary N) is 1. The second kappa shape index (κ2) is 5.65. The average Bonchev–Trinajstić information content (AvgIpc) is 2.16. The van der Waals surface area contributed by atoms with Crippen molar-refractivity contribution in [3.05, 3.63) is 21.1 Å². The van der Waals surface area contributed by atoms with Crippen molar-refractivity contribution in [2.24, 2.45) is 0 Å². The normalized spacial score (nSPS) is 10.5. The molecule has 0 unspecified atom stereocenters. The smallest absolute Gasteiger partial charge is 0.255 e. The number of hydrogen-bond donors (Lipinski definition) is 1. The van der Waals surface area contributed by atoms with Gasteiger partial charge in [0.15, 0.2) is 0 Å². The molecule has 1 aromatic carbocycles. The maximum Gasteiger partial charge on any atom is 0.255 e. The number of ether oxygens (including phenoxy) is 1. The number of methoxy groups -OCH3 is 1. The fourth-order valence-corrected chi connectivity index (χ4v) is 2.30. The third-order valence-electron chi connectivity index (χ3n) is 1.69. The van der Waals surface area contributed by atoms with Gasteiger partial charge < -0.3 is 10.1 Å². The van der Waals surface area contributed by atoms with E-state index in [1.807, 2.05) is 0 Å². The van der Waals surface area contributed by atoms with Crippen LogP contribution in [-0.4, -0.2) is 20.1 Å². The van der Waals surface area contributed by atoms with Gasteiger partial charge in [0, 0.05) is 10.5 Å². The first-order valence-electron chi connectivity index (χ1n) is 4.09. The predicted octanol–water partition coefficient (Wildman–Crippen LogP) is 3.90. The molecule has 84 valence electrons. The highest BCUT2D eigenvalue weighted by molar-refractivity contribution is 9.11. The van der Waals surface area contributed by atoms with Crippen LogP contribution in [0.1, 0.15) is 0 Å². The second-order valence-corrected chi connectivity index (χ2v) is 4.45. The minimum absolute atomic E-state index is 0.386. The number of anilines is 1. The van der Waals surface area contributed by atoms with Crippen molar-refractivity contribution in [3.63, 3.8) is 0 Å². The number of hydrogen-bond acceptors (Lipinski definition) is 2. The van der Waals surface area contributed by atoms with Crippen molar-refractivity contribution < 1.29 is 13.5 Å². The van der Waals surface area contributed by atoms with E-state index < -0.39 is 6.43 Å². The molecule has 0 amide bonds. The second-order valence-electron chi connectivity index (χ2n) is 2.74. The van der Waals surface area contributed by atoms with E-state index in [1.165, 1.54) is 7.11 Å². The summed E-state index contributed by atoms with van der Waals surface area (Å²) in [4.78, 5) is 0. The van der Waals surface area contributed by atoms with Gasteiger partial charge in [-0.25, -0.2) is 8.78 Å². The maximum atomic E-state index is 12.0. The molecule has 0 saturated heterocycles. The zero-order valence-corrected chi connectivity index (χ0v) is 11.0. The minimum Gasteiger partial charge on any atom is -0.495 e. The summed E-state index contributed by atoms with van der Waals surface area (Å²) in [5.41, 5.74) is 0.579. The van der Waals surface area contributed by atoms with Crippen LogP contribution in [0.25, 0.3) is 0 Å². The molecule has 1 rings (SSSR count). The highest BCUT2D eigenvalue weighted by atomic mass is 79.9. The first-order valence-corrected chi connectivity index (χ1v) is 5.68. The molecular formula is C9H9Br2F2NO. The monoisotopic (exact) mass is 343 g/mol. The summed E-state index contributed by atoms with van der Waals surface area (Å²) >= 11 is 6.56. The fraction of sp³-hybridized carbons (Fsp3) is 0.333. The molecule has 0 heterocycles. The Labute approximate surface area is 103 Å². The van der Waals surface area contributed by atoms with Gasteiger partial charge in [-0.05, 0) is 37.9 Å². The van der Waals surface area contributed by atoms with E-state index in [4.69, 9.17) is 4.74 Å². The van der Waals surface area contributed by atoms with Crippen LogP contribution in [0, 0.1) is 0 Å². The average molecular weight is 345 g/mol. The summed E-state index contributed by atoms with van der Waals surface area (Å²) < 4.78 is 30.5. The van der Waals surface area contributed by atoms with Crippen LogP contribution in [0.15, 0.2) is 21.1 Å². The van der Waals surface area contributed by atoms with Gasteiger partial charge in [0.05, 0.1) is 23.8 Å². The van der Waals surface area contributed by atoms with Crippen molar-refractivity contribution >= 4 is 37.5 Å². The first-order chi connectivity index (χ1) is 7.04. The molecule has 0 aliphatic carbocycles. The Kier molecular flexibility index (Phi) is 4.79. The molecule has 2 nitrogen and oxygen atoms in total. The van der Waals surface area contributed by atoms with Gasteiger partial charge in [0.2, 0.25) is 0 Å². The molecule has 0 saturated carbocycles. The molecule has 1 aromatic rings. The zero-order chi connectivity index (χ0) is 11.4. The lowest BCUT2D eigenvalue weighted by Crippen LogP contribution is -2.10. The Bertz CT molecular complexity index is 347. The van der Waals surface area contributed by atoms with Crippen molar-refractivity contribution in [2.75, 3.05) is 19.0 Å². The summed E-state index contributed by atoms with van der Waals surface area (Å²) in [5, 5.41) is 2.62. The molecule has 0 bridgehead atoms. The predicted molar refractivity (Wildman–Crippen MR) is 62.9 cm³/mol. The lowest BCUT2D eigenvalue weighted by Gasteiger charge is -2.11. The lowest BCUT2D eigenvalue weighted by atomic mass is 10.3. The largest absolute Gasteiger partial charge is 0.495 e. The van der Waals surface area contributed by atoms with Gasteiger partial charge >= 0.3 is 0 Å². The van der Waals surface area contributed by atoms with Crippen molar-refractivity contribution in [1.82, 2.24) is 0 Å². The Balaban J connectivity index is 2.87. The zero-order valence-electron chi connectivity index (χ0n) is 7.86. The molecule has 0 atom stereocenters. The third-order valence-corrected chi connectivity index (χ3v) is 2.96. The fourth-order valence-electron chi connectivity index (χ4n) is 1.01. The molecule has 0 spiro atoms. The van der Waals surface area contributed by atoms with Crippen LogP contribution < -0.4 is 10.1 Å². The van der Waals surface area contributed by atoms with Crippen LogP contribution in [0.5, 0.6) is 5.75 Å². The van der Waals surface area contributed by atoms with E-state index in [9.17, 15) is 8.78 Å². The number of halogens is 4. The van der Waals surface area contributed by atoms with Crippen molar-refractivity contribution in [3.8, 4) is 5.75 Å². The van der Waals surface area contributed by atoms with E-state index in [0.29, 0.717) is 15.9 Å². The molecule has 0 aliphatic heterocycles. The standard InChI is InChI=1S/C9H9Br2F2NO/c1-15-8-3-7(14-4-9(12)13)5(10)2-6(8)11/h2-3,9,14H,4H2,1H3. The van der Waals surface area contributed by atoms with Gasteiger partial charge in [-0.15, -0.1) is 0 Å². The van der Waals surface area contributed by atoms with E-state index in [-0.39, 0.29) is 6.54 Å². The summed E-state index contributed by atoms with van der Waals surface area (Å²) in [6.45, 7) is -0.386. The topological polar surface area (TPSA) is 21.3 Å². The molecule has 1 N–H and O–H groups in total. The van der Waals surface area contributed by atoms with Crippen LogP contribution >= 0.6 is 31.9 Å². The highest BCUT2D eigenvalue weighted by Gasteiger charge is 2.08. The van der Waals surface area contributed by atoms with Gasteiger partial charge in [-0.3, -0.25) is 0 Å². The first kappa shape index (κ1) is 12.7. The number of benzene rings is 1. The minimum atomic E-state index is -2.38. The van der Waals surface area contributed by atoms with Gasteiger partial charge in [-0.2, -0.15) is 0 Å². The quantitative estimate of drug-likeness (QED) is 0.894. The molecular weight excluding hydrogens is 336 g/mol. The van der Waals surface area contributed by atoms with E-state index in [2.05, 4.69) is 37.2 Å². The van der Waals surface area contributed by atoms with E-state index >= 15 is 0 Å². The van der Waals surface area contributed by atoms with E-state index in [1.54, 1.807) is 12.1 Å². The Morgan fingerprint density at radius 3 is 2.53 bits per heavy atom. The summed E-state index contributed by atoms with van der Waals surface area (Å²) in [6.07, 6.45) is -2.38.